The fourth-order valence-corrected chi connectivity index (χ4v) is 25.9. The minimum Gasteiger partial charge on any atom is -0.103 e. The molecule has 0 aromatic rings. The standard InChI is InChI=1S/C10H15PS4/c1-8(2)7-3-4-9(5-7)10(8)6-13-11(12,14-9)15-10/h7H,3-6H2,1-2H3/t7-,9-,10+,11?/m1/s1. The van der Waals surface area contributed by atoms with Crippen LogP contribution in [-0.4, -0.2) is 15.2 Å². The largest absolute Gasteiger partial charge is 0.110 e. The van der Waals surface area contributed by atoms with Gasteiger partial charge < -0.3 is 0 Å². The maximum atomic E-state index is 5.92. The van der Waals surface area contributed by atoms with Gasteiger partial charge in [-0.3, -0.25) is 0 Å². The summed E-state index contributed by atoms with van der Waals surface area (Å²) in [7, 11) is 0. The minimum absolute atomic E-state index is 0.549. The average molecular weight is 294 g/mol. The Bertz CT molecular complexity index is 406. The van der Waals surface area contributed by atoms with Crippen molar-refractivity contribution in [2.24, 2.45) is 11.3 Å². The number of rotatable bonds is 0. The molecule has 5 heteroatoms. The number of hydrogen-bond donors (Lipinski definition) is 0. The van der Waals surface area contributed by atoms with Crippen LogP contribution in [0.25, 0.3) is 0 Å². The van der Waals surface area contributed by atoms with E-state index in [9.17, 15) is 0 Å². The highest BCUT2D eigenvalue weighted by Crippen LogP contribution is 3.01. The second-order valence-corrected chi connectivity index (χ2v) is 21.8. The van der Waals surface area contributed by atoms with Gasteiger partial charge in [-0.05, 0) is 30.6 Å². The van der Waals surface area contributed by atoms with Crippen LogP contribution in [0, 0.1) is 11.3 Å². The molecular formula is C10H15PS4. The molecule has 15 heavy (non-hydrogen) atoms. The van der Waals surface area contributed by atoms with Crippen LogP contribution in [0.2, 0.25) is 0 Å². The third kappa shape index (κ3) is 0.950. The summed E-state index contributed by atoms with van der Waals surface area (Å²) in [5.41, 5.74) is 0.549. The van der Waals surface area contributed by atoms with Gasteiger partial charge >= 0.3 is 0 Å². The third-order valence-electron chi connectivity index (χ3n) is 5.25. The molecule has 4 fully saturated rings. The molecule has 4 atom stereocenters. The van der Waals surface area contributed by atoms with Gasteiger partial charge in [0.1, 0.15) is 3.64 Å². The van der Waals surface area contributed by atoms with Gasteiger partial charge in [0, 0.05) is 10.5 Å². The summed E-state index contributed by atoms with van der Waals surface area (Å²) in [5, 5.41) is 0. The van der Waals surface area contributed by atoms with Crippen LogP contribution in [0.15, 0.2) is 0 Å². The molecule has 4 bridgehead atoms. The van der Waals surface area contributed by atoms with Gasteiger partial charge in [-0.15, -0.1) is 11.4 Å². The summed E-state index contributed by atoms with van der Waals surface area (Å²) in [4.78, 5) is 0. The topological polar surface area (TPSA) is 0 Å². The van der Waals surface area contributed by atoms with Gasteiger partial charge in [0.05, 0.1) is 4.75 Å². The molecule has 0 aromatic heterocycles. The third-order valence-corrected chi connectivity index (χ3v) is 20.9. The van der Waals surface area contributed by atoms with E-state index in [1.54, 1.807) is 0 Å². The zero-order valence-corrected chi connectivity index (χ0v) is 13.1. The second kappa shape index (κ2) is 2.66. The number of hydrogen-bond acceptors (Lipinski definition) is 4. The summed E-state index contributed by atoms with van der Waals surface area (Å²) in [5.74, 6) is 2.35. The highest BCUT2D eigenvalue weighted by Gasteiger charge is 2.79. The highest BCUT2D eigenvalue weighted by molar-refractivity contribution is 9.25. The van der Waals surface area contributed by atoms with E-state index < -0.39 is 3.64 Å². The molecule has 4 rings (SSSR count). The molecule has 2 aliphatic carbocycles. The molecule has 4 aliphatic rings. The van der Waals surface area contributed by atoms with Crippen LogP contribution in [0.3, 0.4) is 0 Å². The Kier molecular flexibility index (Phi) is 1.88. The van der Waals surface area contributed by atoms with Gasteiger partial charge in [-0.25, -0.2) is 0 Å². The first-order chi connectivity index (χ1) is 6.93. The lowest BCUT2D eigenvalue weighted by Crippen LogP contribution is -2.53. The molecule has 1 unspecified atom stereocenters. The maximum absolute atomic E-state index is 5.92. The Morgan fingerprint density at radius 3 is 2.80 bits per heavy atom. The van der Waals surface area contributed by atoms with Crippen LogP contribution >= 0.6 is 37.8 Å². The molecule has 2 aliphatic heterocycles. The molecular weight excluding hydrogens is 279 g/mol. The smallest absolute Gasteiger partial charge is 0.103 e. The van der Waals surface area contributed by atoms with E-state index in [4.69, 9.17) is 11.8 Å². The molecule has 0 amide bonds. The molecule has 0 aromatic carbocycles. The molecule has 2 saturated heterocycles. The first-order valence-corrected chi connectivity index (χ1v) is 12.8. The zero-order chi connectivity index (χ0) is 10.5. The van der Waals surface area contributed by atoms with E-state index in [1.165, 1.54) is 25.0 Å². The summed E-state index contributed by atoms with van der Waals surface area (Å²) < 4.78 is 0.0654. The molecule has 0 N–H and O–H groups in total. The summed E-state index contributed by atoms with van der Waals surface area (Å²) >= 11 is 12.6. The van der Waals surface area contributed by atoms with Gasteiger partial charge in [0.15, 0.2) is 0 Å². The summed E-state index contributed by atoms with van der Waals surface area (Å²) in [6.45, 7) is 5.06. The van der Waals surface area contributed by atoms with Crippen LogP contribution in [0.1, 0.15) is 33.1 Å². The van der Waals surface area contributed by atoms with E-state index in [1.807, 2.05) is 0 Å². The van der Waals surface area contributed by atoms with E-state index in [-0.39, 0.29) is 0 Å². The fourth-order valence-electron chi connectivity index (χ4n) is 4.26. The van der Waals surface area contributed by atoms with E-state index in [0.29, 0.717) is 14.9 Å². The predicted octanol–water partition coefficient (Wildman–Crippen LogP) is 4.76. The van der Waals surface area contributed by atoms with E-state index >= 15 is 0 Å². The highest BCUT2D eigenvalue weighted by atomic mass is 33.5. The Morgan fingerprint density at radius 2 is 2.13 bits per heavy atom. The molecule has 2 saturated carbocycles. The molecule has 0 nitrogen and oxygen atoms in total. The van der Waals surface area contributed by atoms with E-state index in [0.717, 1.165) is 5.92 Å². The lowest BCUT2D eigenvalue weighted by molar-refractivity contribution is 0.180. The quantitative estimate of drug-likeness (QED) is 0.591. The van der Waals surface area contributed by atoms with Gasteiger partial charge in [0.25, 0.3) is 0 Å². The van der Waals surface area contributed by atoms with Crippen LogP contribution < -0.4 is 0 Å². The van der Waals surface area contributed by atoms with E-state index in [2.05, 4.69) is 48.0 Å². The molecule has 0 radical (unpaired) electrons. The van der Waals surface area contributed by atoms with Crippen LogP contribution in [0.5, 0.6) is 0 Å². The van der Waals surface area contributed by atoms with Crippen molar-refractivity contribution in [3.8, 4) is 0 Å². The Labute approximate surface area is 109 Å². The molecule has 84 valence electrons. The van der Waals surface area contributed by atoms with Gasteiger partial charge in [-0.1, -0.05) is 48.4 Å². The first-order valence-electron chi connectivity index (χ1n) is 5.59. The normalized spacial score (nSPS) is 63.7. The van der Waals surface area contributed by atoms with Crippen molar-refractivity contribution in [1.82, 2.24) is 0 Å². The fraction of sp³-hybridized carbons (Fsp3) is 1.00. The van der Waals surface area contributed by atoms with Crippen molar-refractivity contribution in [3.63, 3.8) is 0 Å². The van der Waals surface area contributed by atoms with Crippen LogP contribution in [-0.2, 0) is 11.8 Å². The van der Waals surface area contributed by atoms with Crippen molar-refractivity contribution in [2.75, 3.05) is 5.75 Å². The SMILES string of the molecule is CC1(C)[C@@H]2CC[C@]3(C2)SP2(=S)SC[C@]13S2. The van der Waals surface area contributed by atoms with Crippen molar-refractivity contribution in [3.05, 3.63) is 0 Å². The van der Waals surface area contributed by atoms with Gasteiger partial charge in [0.2, 0.25) is 0 Å². The zero-order valence-electron chi connectivity index (χ0n) is 8.99. The monoisotopic (exact) mass is 294 g/mol. The van der Waals surface area contributed by atoms with Crippen molar-refractivity contribution in [2.45, 2.75) is 42.6 Å². The second-order valence-electron chi connectivity index (χ2n) is 5.89. The minimum atomic E-state index is -1.12. The first kappa shape index (κ1) is 10.6. The molecule has 2 heterocycles. The lowest BCUT2D eigenvalue weighted by atomic mass is 9.68. The van der Waals surface area contributed by atoms with Crippen molar-refractivity contribution < 1.29 is 0 Å². The van der Waals surface area contributed by atoms with Gasteiger partial charge in [-0.2, -0.15) is 0 Å². The lowest BCUT2D eigenvalue weighted by Gasteiger charge is -2.49. The van der Waals surface area contributed by atoms with Crippen molar-refractivity contribution in [1.29, 1.82) is 0 Å². The maximum Gasteiger partial charge on any atom is 0.110 e. The summed E-state index contributed by atoms with van der Waals surface area (Å²) in [6.07, 6.45) is 4.43. The Morgan fingerprint density at radius 1 is 1.33 bits per heavy atom. The average Bonchev–Trinajstić information content (AvgIpc) is 2.77. The van der Waals surface area contributed by atoms with Crippen LogP contribution in [0.4, 0.5) is 0 Å². The predicted molar refractivity (Wildman–Crippen MR) is 78.5 cm³/mol. The Hall–Kier alpha value is 1.70. The molecule has 2 spiro atoms. The number of fused-ring (bicyclic) bond motifs is 2. The summed E-state index contributed by atoms with van der Waals surface area (Å²) in [6, 6.07) is 0. The van der Waals surface area contributed by atoms with Crippen molar-refractivity contribution >= 4 is 49.6 Å². The Balaban J connectivity index is 1.97.